The van der Waals surface area contributed by atoms with E-state index < -0.39 is 5.97 Å². The van der Waals surface area contributed by atoms with Gasteiger partial charge in [0.2, 0.25) is 0 Å². The lowest BCUT2D eigenvalue weighted by Crippen LogP contribution is -2.04. The van der Waals surface area contributed by atoms with Gasteiger partial charge in [-0.3, -0.25) is 0 Å². The van der Waals surface area contributed by atoms with Gasteiger partial charge in [0.1, 0.15) is 17.9 Å². The summed E-state index contributed by atoms with van der Waals surface area (Å²) in [7, 11) is 0. The van der Waals surface area contributed by atoms with Gasteiger partial charge >= 0.3 is 5.97 Å². The van der Waals surface area contributed by atoms with Crippen LogP contribution in [-0.2, 0) is 6.61 Å². The molecule has 0 atom stereocenters. The molecule has 0 aliphatic rings. The van der Waals surface area contributed by atoms with Gasteiger partial charge < -0.3 is 9.84 Å². The van der Waals surface area contributed by atoms with Crippen molar-refractivity contribution in [3.63, 3.8) is 0 Å². The van der Waals surface area contributed by atoms with Gasteiger partial charge in [-0.1, -0.05) is 41.0 Å². The maximum atomic E-state index is 11.2. The number of hydrogen-bond acceptors (Lipinski definition) is 2. The highest BCUT2D eigenvalue weighted by Crippen LogP contribution is 2.21. The van der Waals surface area contributed by atoms with Gasteiger partial charge in [-0.05, 0) is 38.5 Å². The van der Waals surface area contributed by atoms with Crippen LogP contribution in [-0.4, -0.2) is 11.1 Å². The molecule has 0 saturated carbocycles. The van der Waals surface area contributed by atoms with E-state index in [-0.39, 0.29) is 5.56 Å². The Bertz CT molecular complexity index is 624. The van der Waals surface area contributed by atoms with E-state index in [1.165, 1.54) is 11.1 Å². The number of rotatable bonds is 4. The number of carbonyl (C=O) groups is 1. The molecule has 0 unspecified atom stereocenters. The lowest BCUT2D eigenvalue weighted by Gasteiger charge is -2.11. The summed E-state index contributed by atoms with van der Waals surface area (Å²) in [6.07, 6.45) is 0. The van der Waals surface area contributed by atoms with Crippen LogP contribution in [0.15, 0.2) is 36.4 Å². The first kappa shape index (κ1) is 14.1. The SMILES string of the molecule is Cc1cc(C)cc(COc2ccc(C)cc2C(=O)O)c1. The Morgan fingerprint density at radius 1 is 1.00 bits per heavy atom. The minimum Gasteiger partial charge on any atom is -0.488 e. The summed E-state index contributed by atoms with van der Waals surface area (Å²) >= 11 is 0. The van der Waals surface area contributed by atoms with E-state index in [4.69, 9.17) is 4.74 Å². The fourth-order valence-corrected chi connectivity index (χ4v) is 2.25. The highest BCUT2D eigenvalue weighted by Gasteiger charge is 2.11. The van der Waals surface area contributed by atoms with Crippen LogP contribution in [0, 0.1) is 20.8 Å². The molecule has 0 bridgehead atoms. The van der Waals surface area contributed by atoms with E-state index in [9.17, 15) is 9.90 Å². The highest BCUT2D eigenvalue weighted by atomic mass is 16.5. The summed E-state index contributed by atoms with van der Waals surface area (Å²) in [6.45, 7) is 6.29. The zero-order valence-electron chi connectivity index (χ0n) is 11.9. The summed E-state index contributed by atoms with van der Waals surface area (Å²) < 4.78 is 5.67. The van der Waals surface area contributed by atoms with Gasteiger partial charge in [0.15, 0.2) is 0 Å². The molecule has 0 aliphatic carbocycles. The van der Waals surface area contributed by atoms with Gasteiger partial charge in [-0.15, -0.1) is 0 Å². The van der Waals surface area contributed by atoms with Gasteiger partial charge in [-0.2, -0.15) is 0 Å². The van der Waals surface area contributed by atoms with Crippen molar-refractivity contribution >= 4 is 5.97 Å². The van der Waals surface area contributed by atoms with Crippen molar-refractivity contribution < 1.29 is 14.6 Å². The van der Waals surface area contributed by atoms with Gasteiger partial charge in [0.25, 0.3) is 0 Å². The number of carboxylic acid groups (broad SMARTS) is 1. The second-order valence-corrected chi connectivity index (χ2v) is 5.09. The maximum Gasteiger partial charge on any atom is 0.339 e. The molecule has 0 aliphatic heterocycles. The van der Waals surface area contributed by atoms with Gasteiger partial charge in [0, 0.05) is 0 Å². The number of ether oxygens (including phenoxy) is 1. The lowest BCUT2D eigenvalue weighted by molar-refractivity contribution is 0.0691. The molecule has 0 radical (unpaired) electrons. The topological polar surface area (TPSA) is 46.5 Å². The molecule has 0 fully saturated rings. The monoisotopic (exact) mass is 270 g/mol. The van der Waals surface area contributed by atoms with Gasteiger partial charge in [0.05, 0.1) is 0 Å². The number of aromatic carboxylic acids is 1. The molecule has 0 amide bonds. The molecule has 2 aromatic carbocycles. The standard InChI is InChI=1S/C17H18O3/c1-11-4-5-16(15(9-11)17(18)19)20-10-14-7-12(2)6-13(3)8-14/h4-9H,10H2,1-3H3,(H,18,19). The number of aryl methyl sites for hydroxylation is 3. The zero-order chi connectivity index (χ0) is 14.7. The summed E-state index contributed by atoms with van der Waals surface area (Å²) in [6, 6.07) is 11.4. The van der Waals surface area contributed by atoms with Crippen molar-refractivity contribution in [1.82, 2.24) is 0 Å². The summed E-state index contributed by atoms with van der Waals surface area (Å²) in [5, 5.41) is 9.20. The molecular weight excluding hydrogens is 252 g/mol. The first-order chi connectivity index (χ1) is 9.45. The highest BCUT2D eigenvalue weighted by molar-refractivity contribution is 5.91. The predicted octanol–water partition coefficient (Wildman–Crippen LogP) is 3.89. The van der Waals surface area contributed by atoms with Crippen molar-refractivity contribution in [2.45, 2.75) is 27.4 Å². The maximum absolute atomic E-state index is 11.2. The molecule has 0 saturated heterocycles. The third kappa shape index (κ3) is 3.38. The number of benzene rings is 2. The molecule has 0 spiro atoms. The largest absolute Gasteiger partial charge is 0.488 e. The van der Waals surface area contributed by atoms with Crippen LogP contribution in [0.3, 0.4) is 0 Å². The first-order valence-corrected chi connectivity index (χ1v) is 6.49. The van der Waals surface area contributed by atoms with E-state index in [0.717, 1.165) is 11.1 Å². The Labute approximate surface area is 118 Å². The summed E-state index contributed by atoms with van der Waals surface area (Å²) in [4.78, 5) is 11.2. The van der Waals surface area contributed by atoms with E-state index in [1.54, 1.807) is 12.1 Å². The normalized spacial score (nSPS) is 10.3. The average Bonchev–Trinajstić information content (AvgIpc) is 2.36. The molecule has 20 heavy (non-hydrogen) atoms. The lowest BCUT2D eigenvalue weighted by atomic mass is 10.1. The number of carboxylic acids is 1. The smallest absolute Gasteiger partial charge is 0.339 e. The average molecular weight is 270 g/mol. The second-order valence-electron chi connectivity index (χ2n) is 5.09. The van der Waals surface area contributed by atoms with Crippen molar-refractivity contribution in [3.05, 3.63) is 64.2 Å². The molecule has 2 aromatic rings. The predicted molar refractivity (Wildman–Crippen MR) is 78.4 cm³/mol. The van der Waals surface area contributed by atoms with Crippen LogP contribution in [0.5, 0.6) is 5.75 Å². The number of hydrogen-bond donors (Lipinski definition) is 1. The van der Waals surface area contributed by atoms with Crippen LogP contribution in [0.1, 0.15) is 32.6 Å². The molecule has 3 heteroatoms. The Morgan fingerprint density at radius 2 is 1.65 bits per heavy atom. The van der Waals surface area contributed by atoms with E-state index in [2.05, 4.69) is 6.07 Å². The molecule has 3 nitrogen and oxygen atoms in total. The van der Waals surface area contributed by atoms with Crippen LogP contribution in [0.4, 0.5) is 0 Å². The van der Waals surface area contributed by atoms with Crippen LogP contribution in [0.2, 0.25) is 0 Å². The van der Waals surface area contributed by atoms with Crippen molar-refractivity contribution in [2.24, 2.45) is 0 Å². The Hall–Kier alpha value is -2.29. The van der Waals surface area contributed by atoms with Crippen molar-refractivity contribution in [1.29, 1.82) is 0 Å². The molecule has 104 valence electrons. The van der Waals surface area contributed by atoms with Crippen molar-refractivity contribution in [3.8, 4) is 5.75 Å². The van der Waals surface area contributed by atoms with Crippen LogP contribution >= 0.6 is 0 Å². The summed E-state index contributed by atoms with van der Waals surface area (Å²) in [5.74, 6) is -0.564. The van der Waals surface area contributed by atoms with Crippen molar-refractivity contribution in [2.75, 3.05) is 0 Å². The zero-order valence-corrected chi connectivity index (χ0v) is 11.9. The second kappa shape index (κ2) is 5.78. The fraction of sp³-hybridized carbons (Fsp3) is 0.235. The Morgan fingerprint density at radius 3 is 2.25 bits per heavy atom. The third-order valence-corrected chi connectivity index (χ3v) is 3.04. The van der Waals surface area contributed by atoms with E-state index >= 15 is 0 Å². The Kier molecular flexibility index (Phi) is 4.08. The Balaban J connectivity index is 2.20. The fourth-order valence-electron chi connectivity index (χ4n) is 2.25. The minimum atomic E-state index is -0.968. The molecule has 2 rings (SSSR count). The van der Waals surface area contributed by atoms with Crippen LogP contribution < -0.4 is 4.74 Å². The third-order valence-electron chi connectivity index (χ3n) is 3.04. The van der Waals surface area contributed by atoms with E-state index in [0.29, 0.717) is 12.4 Å². The minimum absolute atomic E-state index is 0.203. The quantitative estimate of drug-likeness (QED) is 0.916. The van der Waals surface area contributed by atoms with E-state index in [1.807, 2.05) is 39.0 Å². The van der Waals surface area contributed by atoms with Crippen LogP contribution in [0.25, 0.3) is 0 Å². The molecule has 0 heterocycles. The van der Waals surface area contributed by atoms with Gasteiger partial charge in [-0.25, -0.2) is 4.79 Å². The molecule has 1 N–H and O–H groups in total. The summed E-state index contributed by atoms with van der Waals surface area (Å²) in [5.41, 5.74) is 4.49. The molecule has 0 aromatic heterocycles. The molecular formula is C17H18O3. The first-order valence-electron chi connectivity index (χ1n) is 6.49.